The van der Waals surface area contributed by atoms with Crippen molar-refractivity contribution in [2.45, 2.75) is 5.75 Å². The second-order valence-corrected chi connectivity index (χ2v) is 4.39. The molecule has 0 fully saturated rings. The number of carbonyl (C=O) groups is 1. The molecule has 0 unspecified atom stereocenters. The molecule has 0 aliphatic rings. The first-order valence-corrected chi connectivity index (χ1v) is 5.86. The van der Waals surface area contributed by atoms with E-state index in [2.05, 4.69) is 6.58 Å². The number of thioether (sulfide) groups is 1. The molecule has 0 saturated carbocycles. The SMILES string of the molecule is C=C(CSCc1ccccc1Cl)C(=O)O. The topological polar surface area (TPSA) is 37.3 Å². The van der Waals surface area contributed by atoms with Gasteiger partial charge in [-0.1, -0.05) is 36.4 Å². The second kappa shape index (κ2) is 5.83. The van der Waals surface area contributed by atoms with Gasteiger partial charge < -0.3 is 5.11 Å². The van der Waals surface area contributed by atoms with E-state index in [0.29, 0.717) is 16.5 Å². The first-order valence-electron chi connectivity index (χ1n) is 4.33. The Morgan fingerprint density at radius 2 is 2.13 bits per heavy atom. The lowest BCUT2D eigenvalue weighted by Gasteiger charge is -2.03. The Balaban J connectivity index is 2.42. The van der Waals surface area contributed by atoms with Gasteiger partial charge in [0.15, 0.2) is 0 Å². The molecule has 1 rings (SSSR count). The summed E-state index contributed by atoms with van der Waals surface area (Å²) in [6.07, 6.45) is 0. The minimum atomic E-state index is -0.943. The van der Waals surface area contributed by atoms with E-state index >= 15 is 0 Å². The molecule has 1 aromatic carbocycles. The third kappa shape index (κ3) is 3.98. The zero-order chi connectivity index (χ0) is 11.3. The number of hydrogen-bond acceptors (Lipinski definition) is 2. The van der Waals surface area contributed by atoms with Crippen molar-refractivity contribution < 1.29 is 9.90 Å². The van der Waals surface area contributed by atoms with Crippen molar-refractivity contribution in [3.05, 3.63) is 47.0 Å². The first-order chi connectivity index (χ1) is 7.11. The van der Waals surface area contributed by atoms with Gasteiger partial charge in [0.25, 0.3) is 0 Å². The molecule has 0 bridgehead atoms. The van der Waals surface area contributed by atoms with Crippen LogP contribution in [-0.2, 0) is 10.5 Å². The molecule has 0 aliphatic heterocycles. The Morgan fingerprint density at radius 1 is 1.47 bits per heavy atom. The summed E-state index contributed by atoms with van der Waals surface area (Å²) in [6.45, 7) is 3.45. The van der Waals surface area contributed by atoms with Gasteiger partial charge in [-0.05, 0) is 11.6 Å². The van der Waals surface area contributed by atoms with Crippen molar-refractivity contribution in [2.24, 2.45) is 0 Å². The molecule has 2 nitrogen and oxygen atoms in total. The average Bonchev–Trinajstić information content (AvgIpc) is 2.20. The van der Waals surface area contributed by atoms with Crippen molar-refractivity contribution in [3.63, 3.8) is 0 Å². The van der Waals surface area contributed by atoms with Crippen LogP contribution in [0.5, 0.6) is 0 Å². The van der Waals surface area contributed by atoms with Gasteiger partial charge in [-0.2, -0.15) is 11.8 Å². The summed E-state index contributed by atoms with van der Waals surface area (Å²) in [6, 6.07) is 7.53. The van der Waals surface area contributed by atoms with Gasteiger partial charge in [0.1, 0.15) is 0 Å². The molecule has 1 aromatic rings. The summed E-state index contributed by atoms with van der Waals surface area (Å²) in [4.78, 5) is 10.5. The van der Waals surface area contributed by atoms with Gasteiger partial charge >= 0.3 is 5.97 Å². The molecular weight excluding hydrogens is 232 g/mol. The van der Waals surface area contributed by atoms with Gasteiger partial charge in [-0.3, -0.25) is 0 Å². The molecule has 1 N–H and O–H groups in total. The molecule has 0 atom stereocenters. The minimum Gasteiger partial charge on any atom is -0.478 e. The van der Waals surface area contributed by atoms with Gasteiger partial charge in [0.05, 0.1) is 0 Å². The van der Waals surface area contributed by atoms with Crippen molar-refractivity contribution in [2.75, 3.05) is 5.75 Å². The van der Waals surface area contributed by atoms with Crippen LogP contribution in [0.2, 0.25) is 5.02 Å². The number of aliphatic carboxylic acids is 1. The van der Waals surface area contributed by atoms with Crippen molar-refractivity contribution >= 4 is 29.3 Å². The maximum atomic E-state index is 10.5. The Hall–Kier alpha value is -0.930. The highest BCUT2D eigenvalue weighted by Gasteiger charge is 2.04. The van der Waals surface area contributed by atoms with E-state index in [9.17, 15) is 4.79 Å². The largest absolute Gasteiger partial charge is 0.478 e. The number of carboxylic acid groups (broad SMARTS) is 1. The van der Waals surface area contributed by atoms with Crippen LogP contribution in [0.3, 0.4) is 0 Å². The molecule has 0 amide bonds. The lowest BCUT2D eigenvalue weighted by molar-refractivity contribution is -0.132. The molecule has 0 spiro atoms. The van der Waals surface area contributed by atoms with Crippen LogP contribution in [0.4, 0.5) is 0 Å². The van der Waals surface area contributed by atoms with E-state index in [1.54, 1.807) is 0 Å². The highest BCUT2D eigenvalue weighted by atomic mass is 35.5. The molecule has 0 aromatic heterocycles. The predicted octanol–water partition coefficient (Wildman–Crippen LogP) is 3.21. The average molecular weight is 243 g/mol. The summed E-state index contributed by atoms with van der Waals surface area (Å²) in [5.41, 5.74) is 1.23. The van der Waals surface area contributed by atoms with E-state index in [1.165, 1.54) is 11.8 Å². The Bertz CT molecular complexity index is 377. The fraction of sp³-hybridized carbons (Fsp3) is 0.182. The van der Waals surface area contributed by atoms with E-state index in [1.807, 2.05) is 24.3 Å². The van der Waals surface area contributed by atoms with E-state index in [0.717, 1.165) is 5.56 Å². The maximum Gasteiger partial charge on any atom is 0.331 e. The Morgan fingerprint density at radius 3 is 2.73 bits per heavy atom. The van der Waals surface area contributed by atoms with Crippen LogP contribution in [0.25, 0.3) is 0 Å². The number of benzene rings is 1. The Kier molecular flexibility index (Phi) is 4.72. The van der Waals surface area contributed by atoms with Crippen LogP contribution in [-0.4, -0.2) is 16.8 Å². The summed E-state index contributed by atoms with van der Waals surface area (Å²) in [7, 11) is 0. The number of hydrogen-bond donors (Lipinski definition) is 1. The standard InChI is InChI=1S/C11H11ClO2S/c1-8(11(13)14)6-15-7-9-4-2-3-5-10(9)12/h2-5H,1,6-7H2,(H,13,14). The lowest BCUT2D eigenvalue weighted by Crippen LogP contribution is -2.01. The van der Waals surface area contributed by atoms with Gasteiger partial charge in [0.2, 0.25) is 0 Å². The zero-order valence-electron chi connectivity index (χ0n) is 8.07. The number of rotatable bonds is 5. The molecular formula is C11H11ClO2S. The minimum absolute atomic E-state index is 0.215. The van der Waals surface area contributed by atoms with Crippen LogP contribution in [0.15, 0.2) is 36.4 Å². The third-order valence-electron chi connectivity index (χ3n) is 1.79. The molecule has 0 radical (unpaired) electrons. The molecule has 0 saturated heterocycles. The predicted molar refractivity (Wildman–Crippen MR) is 64.4 cm³/mol. The molecule has 80 valence electrons. The fourth-order valence-electron chi connectivity index (χ4n) is 0.961. The summed E-state index contributed by atoms with van der Waals surface area (Å²) in [5.74, 6) is 0.175. The summed E-state index contributed by atoms with van der Waals surface area (Å²) in [5, 5.41) is 9.31. The van der Waals surface area contributed by atoms with Crippen LogP contribution in [0.1, 0.15) is 5.56 Å². The van der Waals surface area contributed by atoms with E-state index in [4.69, 9.17) is 16.7 Å². The summed E-state index contributed by atoms with van der Waals surface area (Å²) < 4.78 is 0. The van der Waals surface area contributed by atoms with Crippen LogP contribution >= 0.6 is 23.4 Å². The molecule has 4 heteroatoms. The zero-order valence-corrected chi connectivity index (χ0v) is 9.64. The highest BCUT2D eigenvalue weighted by molar-refractivity contribution is 7.98. The van der Waals surface area contributed by atoms with Crippen molar-refractivity contribution in [3.8, 4) is 0 Å². The summed E-state index contributed by atoms with van der Waals surface area (Å²) >= 11 is 7.44. The quantitative estimate of drug-likeness (QED) is 0.806. The normalized spacial score (nSPS) is 9.93. The first kappa shape index (κ1) is 12.1. The second-order valence-electron chi connectivity index (χ2n) is 2.99. The number of carboxylic acids is 1. The molecule has 0 heterocycles. The van der Waals surface area contributed by atoms with Crippen molar-refractivity contribution in [1.29, 1.82) is 0 Å². The molecule has 0 aliphatic carbocycles. The lowest BCUT2D eigenvalue weighted by atomic mass is 10.2. The molecule has 15 heavy (non-hydrogen) atoms. The monoisotopic (exact) mass is 242 g/mol. The van der Waals surface area contributed by atoms with Crippen molar-refractivity contribution in [1.82, 2.24) is 0 Å². The maximum absolute atomic E-state index is 10.5. The van der Waals surface area contributed by atoms with Gasteiger partial charge in [-0.15, -0.1) is 0 Å². The fourth-order valence-corrected chi connectivity index (χ4v) is 2.19. The van der Waals surface area contributed by atoms with Gasteiger partial charge in [-0.25, -0.2) is 4.79 Å². The number of halogens is 1. The smallest absolute Gasteiger partial charge is 0.331 e. The Labute approximate surface area is 97.9 Å². The highest BCUT2D eigenvalue weighted by Crippen LogP contribution is 2.21. The third-order valence-corrected chi connectivity index (χ3v) is 3.23. The van der Waals surface area contributed by atoms with Crippen LogP contribution in [0, 0.1) is 0 Å². The van der Waals surface area contributed by atoms with Crippen LogP contribution < -0.4 is 0 Å². The van der Waals surface area contributed by atoms with E-state index in [-0.39, 0.29) is 5.57 Å². The van der Waals surface area contributed by atoms with E-state index < -0.39 is 5.97 Å². The van der Waals surface area contributed by atoms with Gasteiger partial charge in [0, 0.05) is 22.1 Å².